The third-order valence-corrected chi connectivity index (χ3v) is 5.77. The number of quaternary nitrogens is 1. The molecule has 0 atom stereocenters. The van der Waals surface area contributed by atoms with Gasteiger partial charge in [-0.2, -0.15) is 0 Å². The number of nitrogens with one attached hydrogen (secondary N) is 1. The molecule has 1 N–H and O–H groups in total. The van der Waals surface area contributed by atoms with Crippen LogP contribution in [0.2, 0.25) is 0 Å². The second-order valence-corrected chi connectivity index (χ2v) is 7.81. The van der Waals surface area contributed by atoms with Gasteiger partial charge < -0.3 is 14.3 Å². The first kappa shape index (κ1) is 18.0. The lowest BCUT2D eigenvalue weighted by molar-refractivity contribution is -0.918. The molecule has 25 heavy (non-hydrogen) atoms. The van der Waals surface area contributed by atoms with E-state index in [0.717, 1.165) is 44.2 Å². The van der Waals surface area contributed by atoms with E-state index in [2.05, 4.69) is 37.2 Å². The lowest BCUT2D eigenvalue weighted by Crippen LogP contribution is -3.13. The van der Waals surface area contributed by atoms with Crippen molar-refractivity contribution in [3.05, 3.63) is 46.8 Å². The smallest absolute Gasteiger partial charge is 0.233 e. The Morgan fingerprint density at radius 3 is 2.64 bits per heavy atom. The number of thioether (sulfide) groups is 1. The highest BCUT2D eigenvalue weighted by molar-refractivity contribution is 8.00. The molecule has 2 aromatic rings. The van der Waals surface area contributed by atoms with Crippen LogP contribution in [0.1, 0.15) is 22.6 Å². The quantitative estimate of drug-likeness (QED) is 0.824. The average Bonchev–Trinajstić information content (AvgIpc) is 2.99. The number of piperazine rings is 1. The average molecular weight is 361 g/mol. The standard InChI is InChI=1S/C19H25N3O2S/c1-14-4-5-18(15(2)10-14)25-13-19(23)22-8-6-21(7-9-22)12-17-11-16(3)24-20-17/h4-5,10-11H,6-9,12-13H2,1-3H3/p+1. The van der Waals surface area contributed by atoms with Gasteiger partial charge in [-0.25, -0.2) is 0 Å². The van der Waals surface area contributed by atoms with Gasteiger partial charge in [-0.1, -0.05) is 22.9 Å². The zero-order valence-electron chi connectivity index (χ0n) is 15.2. The van der Waals surface area contributed by atoms with Crippen molar-refractivity contribution in [3.8, 4) is 0 Å². The first-order valence-electron chi connectivity index (χ1n) is 8.75. The van der Waals surface area contributed by atoms with E-state index in [-0.39, 0.29) is 5.91 Å². The Labute approximate surface area is 153 Å². The van der Waals surface area contributed by atoms with Gasteiger partial charge in [-0.05, 0) is 32.4 Å². The molecular weight excluding hydrogens is 334 g/mol. The van der Waals surface area contributed by atoms with Crippen LogP contribution in [0, 0.1) is 20.8 Å². The predicted octanol–water partition coefficient (Wildman–Crippen LogP) is 1.62. The minimum atomic E-state index is 0.237. The van der Waals surface area contributed by atoms with E-state index in [0.29, 0.717) is 5.75 Å². The molecule has 1 aromatic heterocycles. The van der Waals surface area contributed by atoms with E-state index in [1.165, 1.54) is 20.9 Å². The molecule has 0 bridgehead atoms. The zero-order valence-corrected chi connectivity index (χ0v) is 16.0. The summed E-state index contributed by atoms with van der Waals surface area (Å²) in [7, 11) is 0. The van der Waals surface area contributed by atoms with E-state index in [1.54, 1.807) is 11.8 Å². The summed E-state index contributed by atoms with van der Waals surface area (Å²) in [6.07, 6.45) is 0. The maximum atomic E-state index is 12.5. The van der Waals surface area contributed by atoms with E-state index >= 15 is 0 Å². The number of carbonyl (C=O) groups is 1. The molecule has 0 spiro atoms. The molecule has 3 rings (SSSR count). The SMILES string of the molecule is Cc1ccc(SCC(=O)N2CC[NH+](Cc3cc(C)on3)CC2)c(C)c1. The lowest BCUT2D eigenvalue weighted by Gasteiger charge is -2.31. The highest BCUT2D eigenvalue weighted by atomic mass is 32.2. The van der Waals surface area contributed by atoms with Crippen LogP contribution in [-0.2, 0) is 11.3 Å². The Morgan fingerprint density at radius 2 is 2.00 bits per heavy atom. The number of amides is 1. The number of nitrogens with zero attached hydrogens (tertiary/aromatic N) is 2. The maximum Gasteiger partial charge on any atom is 0.233 e. The summed E-state index contributed by atoms with van der Waals surface area (Å²) in [6.45, 7) is 10.5. The van der Waals surface area contributed by atoms with Gasteiger partial charge in [-0.15, -0.1) is 11.8 Å². The summed E-state index contributed by atoms with van der Waals surface area (Å²) in [6, 6.07) is 8.38. The minimum absolute atomic E-state index is 0.237. The van der Waals surface area contributed by atoms with Gasteiger partial charge in [0.25, 0.3) is 0 Å². The van der Waals surface area contributed by atoms with Crippen LogP contribution < -0.4 is 4.90 Å². The van der Waals surface area contributed by atoms with Crippen molar-refractivity contribution in [1.82, 2.24) is 10.1 Å². The van der Waals surface area contributed by atoms with Gasteiger partial charge >= 0.3 is 0 Å². The fourth-order valence-corrected chi connectivity index (χ4v) is 4.11. The fraction of sp³-hybridized carbons (Fsp3) is 0.474. The molecule has 1 aromatic carbocycles. The van der Waals surface area contributed by atoms with Crippen LogP contribution in [-0.4, -0.2) is 47.9 Å². The molecule has 1 saturated heterocycles. The summed E-state index contributed by atoms with van der Waals surface area (Å²) in [5, 5.41) is 4.06. The molecule has 2 heterocycles. The molecule has 0 radical (unpaired) electrons. The van der Waals surface area contributed by atoms with Crippen LogP contribution in [0.3, 0.4) is 0 Å². The molecule has 1 aliphatic rings. The Bertz CT molecular complexity index is 736. The largest absolute Gasteiger partial charge is 0.361 e. The molecule has 5 nitrogen and oxygen atoms in total. The van der Waals surface area contributed by atoms with E-state index in [1.807, 2.05) is 17.9 Å². The first-order valence-corrected chi connectivity index (χ1v) is 9.73. The molecule has 0 saturated carbocycles. The predicted molar refractivity (Wildman–Crippen MR) is 98.9 cm³/mol. The molecular formula is C19H26N3O2S+. The van der Waals surface area contributed by atoms with E-state index in [9.17, 15) is 4.79 Å². The maximum absolute atomic E-state index is 12.5. The summed E-state index contributed by atoms with van der Waals surface area (Å²) < 4.78 is 5.13. The Morgan fingerprint density at radius 1 is 1.24 bits per heavy atom. The van der Waals surface area contributed by atoms with E-state index in [4.69, 9.17) is 4.52 Å². The van der Waals surface area contributed by atoms with Gasteiger partial charge in [-0.3, -0.25) is 4.79 Å². The monoisotopic (exact) mass is 360 g/mol. The zero-order chi connectivity index (χ0) is 17.8. The van der Waals surface area contributed by atoms with Crippen molar-refractivity contribution in [3.63, 3.8) is 0 Å². The molecule has 1 aliphatic heterocycles. The Hall–Kier alpha value is -1.79. The highest BCUT2D eigenvalue weighted by Crippen LogP contribution is 2.23. The normalized spacial score (nSPS) is 15.6. The molecule has 6 heteroatoms. The van der Waals surface area contributed by atoms with Crippen molar-refractivity contribution in [2.24, 2.45) is 0 Å². The molecule has 0 unspecified atom stereocenters. The minimum Gasteiger partial charge on any atom is -0.361 e. The molecule has 1 fully saturated rings. The Kier molecular flexibility index (Phi) is 5.81. The molecule has 134 valence electrons. The topological polar surface area (TPSA) is 50.8 Å². The van der Waals surface area contributed by atoms with Gasteiger partial charge in [0.2, 0.25) is 5.91 Å². The second kappa shape index (κ2) is 8.06. The molecule has 0 aliphatic carbocycles. The number of benzene rings is 1. The molecule has 1 amide bonds. The summed E-state index contributed by atoms with van der Waals surface area (Å²) in [4.78, 5) is 17.1. The third-order valence-electron chi connectivity index (χ3n) is 4.61. The van der Waals surface area contributed by atoms with Gasteiger partial charge in [0.15, 0.2) is 0 Å². The van der Waals surface area contributed by atoms with Crippen LogP contribution in [0.4, 0.5) is 0 Å². The number of hydrogen-bond acceptors (Lipinski definition) is 4. The van der Waals surface area contributed by atoms with Crippen LogP contribution >= 0.6 is 11.8 Å². The van der Waals surface area contributed by atoms with Crippen molar-refractivity contribution < 1.29 is 14.2 Å². The number of aromatic nitrogens is 1. The van der Waals surface area contributed by atoms with Crippen LogP contribution in [0.15, 0.2) is 33.7 Å². The van der Waals surface area contributed by atoms with Crippen molar-refractivity contribution in [2.75, 3.05) is 31.9 Å². The third kappa shape index (κ3) is 4.86. The van der Waals surface area contributed by atoms with Crippen molar-refractivity contribution in [1.29, 1.82) is 0 Å². The Balaban J connectivity index is 1.45. The van der Waals surface area contributed by atoms with Crippen molar-refractivity contribution >= 4 is 17.7 Å². The number of carbonyl (C=O) groups excluding carboxylic acids is 1. The lowest BCUT2D eigenvalue weighted by atomic mass is 10.2. The van der Waals surface area contributed by atoms with Crippen LogP contribution in [0.5, 0.6) is 0 Å². The summed E-state index contributed by atoms with van der Waals surface area (Å²) >= 11 is 1.64. The van der Waals surface area contributed by atoms with Crippen molar-refractivity contribution in [2.45, 2.75) is 32.2 Å². The number of hydrogen-bond donors (Lipinski definition) is 1. The van der Waals surface area contributed by atoms with E-state index < -0.39 is 0 Å². The summed E-state index contributed by atoms with van der Waals surface area (Å²) in [5.41, 5.74) is 3.50. The van der Waals surface area contributed by atoms with Crippen LogP contribution in [0.25, 0.3) is 0 Å². The number of rotatable bonds is 5. The van der Waals surface area contributed by atoms with Gasteiger partial charge in [0.05, 0.1) is 31.9 Å². The number of aryl methyl sites for hydroxylation is 3. The van der Waals surface area contributed by atoms with Gasteiger partial charge in [0, 0.05) is 11.0 Å². The summed E-state index contributed by atoms with van der Waals surface area (Å²) in [5.74, 6) is 1.61. The highest BCUT2D eigenvalue weighted by Gasteiger charge is 2.24. The second-order valence-electron chi connectivity index (χ2n) is 6.79. The fourth-order valence-electron chi connectivity index (χ4n) is 3.20. The first-order chi connectivity index (χ1) is 12.0. The van der Waals surface area contributed by atoms with Gasteiger partial charge in [0.1, 0.15) is 18.0 Å².